The van der Waals surface area contributed by atoms with Crippen LogP contribution in [-0.4, -0.2) is 43.4 Å². The first-order valence-electron chi connectivity index (χ1n) is 6.83. The van der Waals surface area contributed by atoms with Gasteiger partial charge in [0.05, 0.1) is 18.3 Å². The first kappa shape index (κ1) is 13.0. The Morgan fingerprint density at radius 1 is 1.47 bits per heavy atom. The van der Waals surface area contributed by atoms with Crippen LogP contribution in [0.15, 0.2) is 24.3 Å². The van der Waals surface area contributed by atoms with Gasteiger partial charge in [0.1, 0.15) is 5.82 Å². The zero-order chi connectivity index (χ0) is 13.3. The summed E-state index contributed by atoms with van der Waals surface area (Å²) in [6.45, 7) is 3.19. The van der Waals surface area contributed by atoms with Crippen molar-refractivity contribution in [1.29, 1.82) is 0 Å². The Morgan fingerprint density at radius 3 is 3.05 bits per heavy atom. The SMILES string of the molecule is CO[C@H]1CO[C@]2(CCN(Cc3ccccc3F)C2)C1. The van der Waals surface area contributed by atoms with Gasteiger partial charge in [-0.3, -0.25) is 4.90 Å². The second-order valence-corrected chi connectivity index (χ2v) is 5.61. The Balaban J connectivity index is 1.62. The van der Waals surface area contributed by atoms with Gasteiger partial charge >= 0.3 is 0 Å². The summed E-state index contributed by atoms with van der Waals surface area (Å²) >= 11 is 0. The van der Waals surface area contributed by atoms with Gasteiger partial charge in [0.25, 0.3) is 0 Å². The first-order valence-corrected chi connectivity index (χ1v) is 6.83. The van der Waals surface area contributed by atoms with E-state index in [1.165, 1.54) is 6.07 Å². The summed E-state index contributed by atoms with van der Waals surface area (Å²) in [6.07, 6.45) is 2.19. The maximum Gasteiger partial charge on any atom is 0.127 e. The highest BCUT2D eigenvalue weighted by Gasteiger charge is 2.45. The molecule has 3 nitrogen and oxygen atoms in total. The molecule has 2 aliphatic rings. The summed E-state index contributed by atoms with van der Waals surface area (Å²) in [5.41, 5.74) is 0.701. The number of benzene rings is 1. The lowest BCUT2D eigenvalue weighted by atomic mass is 9.98. The molecule has 0 radical (unpaired) electrons. The molecule has 0 bridgehead atoms. The van der Waals surface area contributed by atoms with Crippen molar-refractivity contribution >= 4 is 0 Å². The van der Waals surface area contributed by atoms with Crippen molar-refractivity contribution in [2.75, 3.05) is 26.8 Å². The third-order valence-corrected chi connectivity index (χ3v) is 4.26. The zero-order valence-corrected chi connectivity index (χ0v) is 11.3. The molecule has 0 saturated carbocycles. The van der Waals surface area contributed by atoms with E-state index < -0.39 is 0 Å². The highest BCUT2D eigenvalue weighted by atomic mass is 19.1. The lowest BCUT2D eigenvalue weighted by Crippen LogP contribution is -2.33. The van der Waals surface area contributed by atoms with Crippen LogP contribution in [0.3, 0.4) is 0 Å². The number of halogens is 1. The van der Waals surface area contributed by atoms with E-state index in [1.807, 2.05) is 12.1 Å². The van der Waals surface area contributed by atoms with Crippen LogP contribution in [-0.2, 0) is 16.0 Å². The van der Waals surface area contributed by atoms with Gasteiger partial charge in [-0.15, -0.1) is 0 Å². The molecule has 0 aliphatic carbocycles. The van der Waals surface area contributed by atoms with Crippen molar-refractivity contribution < 1.29 is 13.9 Å². The largest absolute Gasteiger partial charge is 0.379 e. The summed E-state index contributed by atoms with van der Waals surface area (Å²) in [5.74, 6) is -0.120. The summed E-state index contributed by atoms with van der Waals surface area (Å²) in [6, 6.07) is 6.99. The molecule has 2 atom stereocenters. The Hall–Kier alpha value is -0.970. The normalized spacial score (nSPS) is 31.4. The fourth-order valence-electron chi connectivity index (χ4n) is 3.17. The molecule has 0 N–H and O–H groups in total. The number of hydrogen-bond donors (Lipinski definition) is 0. The molecule has 1 spiro atoms. The molecule has 0 unspecified atom stereocenters. The number of ether oxygens (including phenoxy) is 2. The predicted molar refractivity (Wildman–Crippen MR) is 70.4 cm³/mol. The second-order valence-electron chi connectivity index (χ2n) is 5.61. The zero-order valence-electron chi connectivity index (χ0n) is 11.3. The minimum absolute atomic E-state index is 0.0636. The molecule has 2 heterocycles. The Labute approximate surface area is 113 Å². The summed E-state index contributed by atoms with van der Waals surface area (Å²) in [4.78, 5) is 2.27. The van der Waals surface area contributed by atoms with Gasteiger partial charge in [-0.05, 0) is 12.5 Å². The van der Waals surface area contributed by atoms with Gasteiger partial charge in [0.2, 0.25) is 0 Å². The average molecular weight is 265 g/mol. The van der Waals surface area contributed by atoms with Crippen molar-refractivity contribution in [3.63, 3.8) is 0 Å². The van der Waals surface area contributed by atoms with Crippen LogP contribution >= 0.6 is 0 Å². The standard InChI is InChI=1S/C15H20FNO2/c1-18-13-8-15(19-10-13)6-7-17(11-15)9-12-4-2-3-5-14(12)16/h2-5,13H,6-11H2,1H3/t13-,15-/m1/s1. The fraction of sp³-hybridized carbons (Fsp3) is 0.600. The average Bonchev–Trinajstić information content (AvgIpc) is 3.00. The Bertz CT molecular complexity index is 454. The van der Waals surface area contributed by atoms with E-state index in [9.17, 15) is 4.39 Å². The van der Waals surface area contributed by atoms with E-state index in [4.69, 9.17) is 9.47 Å². The molecule has 2 fully saturated rings. The smallest absolute Gasteiger partial charge is 0.127 e. The van der Waals surface area contributed by atoms with Crippen LogP contribution < -0.4 is 0 Å². The minimum atomic E-state index is -0.120. The van der Waals surface area contributed by atoms with Crippen LogP contribution in [0.2, 0.25) is 0 Å². The number of methoxy groups -OCH3 is 1. The number of nitrogens with zero attached hydrogens (tertiary/aromatic N) is 1. The monoisotopic (exact) mass is 265 g/mol. The van der Waals surface area contributed by atoms with Crippen LogP contribution in [0.1, 0.15) is 18.4 Å². The van der Waals surface area contributed by atoms with Gasteiger partial charge in [-0.25, -0.2) is 4.39 Å². The number of likely N-dealkylation sites (tertiary alicyclic amines) is 1. The van der Waals surface area contributed by atoms with Crippen LogP contribution in [0.5, 0.6) is 0 Å². The van der Waals surface area contributed by atoms with E-state index in [2.05, 4.69) is 4.90 Å². The predicted octanol–water partition coefficient (Wildman–Crippen LogP) is 2.21. The third-order valence-electron chi connectivity index (χ3n) is 4.26. The highest BCUT2D eigenvalue weighted by Crippen LogP contribution is 2.36. The minimum Gasteiger partial charge on any atom is -0.379 e. The van der Waals surface area contributed by atoms with Gasteiger partial charge < -0.3 is 9.47 Å². The van der Waals surface area contributed by atoms with Gasteiger partial charge in [-0.1, -0.05) is 18.2 Å². The number of hydrogen-bond acceptors (Lipinski definition) is 3. The first-order chi connectivity index (χ1) is 9.21. The number of rotatable bonds is 3. The molecule has 0 aromatic heterocycles. The molecule has 104 valence electrons. The molecule has 1 aromatic carbocycles. The lowest BCUT2D eigenvalue weighted by Gasteiger charge is -2.23. The highest BCUT2D eigenvalue weighted by molar-refractivity contribution is 5.17. The van der Waals surface area contributed by atoms with Crippen molar-refractivity contribution in [3.8, 4) is 0 Å². The third kappa shape index (κ3) is 2.66. The summed E-state index contributed by atoms with van der Waals surface area (Å²) in [7, 11) is 1.74. The molecule has 0 amide bonds. The maximum absolute atomic E-state index is 13.7. The molecule has 1 aromatic rings. The summed E-state index contributed by atoms with van der Waals surface area (Å²) in [5, 5.41) is 0. The maximum atomic E-state index is 13.7. The van der Waals surface area contributed by atoms with Gasteiger partial charge in [-0.2, -0.15) is 0 Å². The van der Waals surface area contributed by atoms with Crippen molar-refractivity contribution in [2.45, 2.75) is 31.1 Å². The molecular formula is C15H20FNO2. The van der Waals surface area contributed by atoms with Crippen molar-refractivity contribution in [1.82, 2.24) is 4.90 Å². The Kier molecular flexibility index (Phi) is 3.56. The van der Waals surface area contributed by atoms with E-state index in [-0.39, 0.29) is 17.5 Å². The summed E-state index contributed by atoms with van der Waals surface area (Å²) < 4.78 is 25.0. The van der Waals surface area contributed by atoms with Gasteiger partial charge in [0, 0.05) is 38.7 Å². The van der Waals surface area contributed by atoms with Crippen LogP contribution in [0, 0.1) is 5.82 Å². The quantitative estimate of drug-likeness (QED) is 0.836. The van der Waals surface area contributed by atoms with Crippen molar-refractivity contribution in [2.24, 2.45) is 0 Å². The second kappa shape index (κ2) is 5.19. The van der Waals surface area contributed by atoms with E-state index in [0.29, 0.717) is 13.2 Å². The molecule has 2 saturated heterocycles. The van der Waals surface area contributed by atoms with E-state index in [1.54, 1.807) is 13.2 Å². The molecular weight excluding hydrogens is 245 g/mol. The lowest BCUT2D eigenvalue weighted by molar-refractivity contribution is 0.00628. The van der Waals surface area contributed by atoms with Crippen LogP contribution in [0.4, 0.5) is 4.39 Å². The van der Waals surface area contributed by atoms with Gasteiger partial charge in [0.15, 0.2) is 0 Å². The molecule has 2 aliphatic heterocycles. The fourth-order valence-corrected chi connectivity index (χ4v) is 3.17. The topological polar surface area (TPSA) is 21.7 Å². The molecule has 19 heavy (non-hydrogen) atoms. The van der Waals surface area contributed by atoms with E-state index >= 15 is 0 Å². The van der Waals surface area contributed by atoms with Crippen LogP contribution in [0.25, 0.3) is 0 Å². The Morgan fingerprint density at radius 2 is 2.32 bits per heavy atom. The molecule has 4 heteroatoms. The van der Waals surface area contributed by atoms with Crippen molar-refractivity contribution in [3.05, 3.63) is 35.6 Å². The van der Waals surface area contributed by atoms with E-state index in [0.717, 1.165) is 31.5 Å². The molecule has 3 rings (SSSR count).